The van der Waals surface area contributed by atoms with E-state index in [0.717, 1.165) is 34.2 Å². The molecule has 3 aromatic rings. The lowest BCUT2D eigenvalue weighted by Gasteiger charge is -2.04. The lowest BCUT2D eigenvalue weighted by Crippen LogP contribution is -2.11. The summed E-state index contributed by atoms with van der Waals surface area (Å²) in [5.74, 6) is 0.166. The van der Waals surface area contributed by atoms with Gasteiger partial charge >= 0.3 is 0 Å². The molecule has 1 heterocycles. The Morgan fingerprint density at radius 2 is 1.82 bits per heavy atom. The van der Waals surface area contributed by atoms with E-state index in [4.69, 9.17) is 4.42 Å². The molecule has 0 spiro atoms. The van der Waals surface area contributed by atoms with Crippen molar-refractivity contribution in [2.24, 2.45) is 0 Å². The van der Waals surface area contributed by atoms with Crippen molar-refractivity contribution < 1.29 is 9.21 Å². The summed E-state index contributed by atoms with van der Waals surface area (Å²) < 4.78 is 5.74. The number of nitrogens with one attached hydrogen (secondary N) is 1. The Bertz CT molecular complexity index is 829. The van der Waals surface area contributed by atoms with Gasteiger partial charge in [0, 0.05) is 16.6 Å². The van der Waals surface area contributed by atoms with Crippen molar-refractivity contribution in [2.45, 2.75) is 27.2 Å². The molecular weight excluding hydrogens is 274 g/mol. The highest BCUT2D eigenvalue weighted by molar-refractivity contribution is 6.06. The molecule has 2 aromatic carbocycles. The summed E-state index contributed by atoms with van der Waals surface area (Å²) in [4.78, 5) is 12.4. The zero-order valence-electron chi connectivity index (χ0n) is 13.1. The van der Waals surface area contributed by atoms with Crippen molar-refractivity contribution in [3.05, 3.63) is 64.9 Å². The van der Waals surface area contributed by atoms with Gasteiger partial charge in [-0.3, -0.25) is 4.79 Å². The van der Waals surface area contributed by atoms with Crippen LogP contribution in [0.2, 0.25) is 0 Å². The van der Waals surface area contributed by atoms with Crippen molar-refractivity contribution in [3.63, 3.8) is 0 Å². The number of furan rings is 1. The molecule has 3 nitrogen and oxygen atoms in total. The van der Waals surface area contributed by atoms with Crippen molar-refractivity contribution in [1.29, 1.82) is 0 Å². The van der Waals surface area contributed by atoms with Crippen molar-refractivity contribution in [2.75, 3.05) is 5.32 Å². The van der Waals surface area contributed by atoms with Gasteiger partial charge in [-0.2, -0.15) is 0 Å². The Morgan fingerprint density at radius 1 is 1.09 bits per heavy atom. The van der Waals surface area contributed by atoms with Crippen LogP contribution in [0.5, 0.6) is 0 Å². The summed E-state index contributed by atoms with van der Waals surface area (Å²) in [5.41, 5.74) is 4.80. The molecule has 0 bridgehead atoms. The SMILES string of the molecule is CCc1ccc2oc(C(=O)Nc3ccc(C)cc3)c(C)c2c1. The van der Waals surface area contributed by atoms with Crippen LogP contribution in [0, 0.1) is 13.8 Å². The molecule has 0 atom stereocenters. The summed E-state index contributed by atoms with van der Waals surface area (Å²) in [6.45, 7) is 6.05. The molecule has 0 saturated carbocycles. The Hall–Kier alpha value is -2.55. The summed E-state index contributed by atoms with van der Waals surface area (Å²) >= 11 is 0. The van der Waals surface area contributed by atoms with Gasteiger partial charge in [0.05, 0.1) is 0 Å². The minimum Gasteiger partial charge on any atom is -0.451 e. The first-order chi connectivity index (χ1) is 10.6. The number of carbonyl (C=O) groups excluding carboxylic acids is 1. The average Bonchev–Trinajstić information content (AvgIpc) is 2.86. The van der Waals surface area contributed by atoms with E-state index >= 15 is 0 Å². The zero-order valence-corrected chi connectivity index (χ0v) is 13.1. The van der Waals surface area contributed by atoms with Crippen LogP contribution in [0.3, 0.4) is 0 Å². The largest absolute Gasteiger partial charge is 0.451 e. The van der Waals surface area contributed by atoms with Crippen LogP contribution in [-0.4, -0.2) is 5.91 Å². The summed E-state index contributed by atoms with van der Waals surface area (Å²) in [5, 5.41) is 3.89. The lowest BCUT2D eigenvalue weighted by molar-refractivity contribution is 0.0998. The Morgan fingerprint density at radius 3 is 2.50 bits per heavy atom. The van der Waals surface area contributed by atoms with E-state index < -0.39 is 0 Å². The van der Waals surface area contributed by atoms with Gasteiger partial charge in [0.2, 0.25) is 0 Å². The third-order valence-electron chi connectivity index (χ3n) is 3.92. The standard InChI is InChI=1S/C19H19NO2/c1-4-14-7-10-17-16(11-14)13(3)18(22-17)19(21)20-15-8-5-12(2)6-9-15/h5-11H,4H2,1-3H3,(H,20,21). The Labute approximate surface area is 130 Å². The highest BCUT2D eigenvalue weighted by atomic mass is 16.3. The second kappa shape index (κ2) is 5.68. The van der Waals surface area contributed by atoms with E-state index in [2.05, 4.69) is 18.3 Å². The molecule has 0 aliphatic heterocycles. The van der Waals surface area contributed by atoms with Crippen molar-refractivity contribution in [1.82, 2.24) is 0 Å². The molecule has 0 fully saturated rings. The van der Waals surface area contributed by atoms with E-state index in [1.807, 2.05) is 50.2 Å². The van der Waals surface area contributed by atoms with Gasteiger partial charge < -0.3 is 9.73 Å². The monoisotopic (exact) mass is 293 g/mol. The highest BCUT2D eigenvalue weighted by Crippen LogP contribution is 2.27. The number of rotatable bonds is 3. The van der Waals surface area contributed by atoms with Gasteiger partial charge in [-0.1, -0.05) is 30.7 Å². The molecule has 3 heteroatoms. The predicted octanol–water partition coefficient (Wildman–Crippen LogP) is 4.86. The fourth-order valence-electron chi connectivity index (χ4n) is 2.53. The maximum atomic E-state index is 12.4. The van der Waals surface area contributed by atoms with Crippen LogP contribution in [0.25, 0.3) is 11.0 Å². The quantitative estimate of drug-likeness (QED) is 0.749. The second-order valence-electron chi connectivity index (χ2n) is 5.56. The predicted molar refractivity (Wildman–Crippen MR) is 89.5 cm³/mol. The number of carbonyl (C=O) groups is 1. The zero-order chi connectivity index (χ0) is 15.7. The molecule has 22 heavy (non-hydrogen) atoms. The average molecular weight is 293 g/mol. The van der Waals surface area contributed by atoms with E-state index in [0.29, 0.717) is 5.76 Å². The van der Waals surface area contributed by atoms with E-state index in [9.17, 15) is 4.79 Å². The fourth-order valence-corrected chi connectivity index (χ4v) is 2.53. The number of aryl methyl sites for hydroxylation is 3. The third-order valence-corrected chi connectivity index (χ3v) is 3.92. The first kappa shape index (κ1) is 14.4. The molecule has 0 saturated heterocycles. The Kier molecular flexibility index (Phi) is 3.72. The topological polar surface area (TPSA) is 42.2 Å². The van der Waals surface area contributed by atoms with Gasteiger partial charge in [-0.05, 0) is 50.1 Å². The molecule has 1 amide bonds. The van der Waals surface area contributed by atoms with Gasteiger partial charge in [0.25, 0.3) is 5.91 Å². The Balaban J connectivity index is 1.93. The maximum absolute atomic E-state index is 12.4. The number of benzene rings is 2. The molecule has 0 unspecified atom stereocenters. The van der Waals surface area contributed by atoms with Crippen LogP contribution in [0.1, 0.15) is 34.2 Å². The highest BCUT2D eigenvalue weighted by Gasteiger charge is 2.17. The molecule has 1 N–H and O–H groups in total. The van der Waals surface area contributed by atoms with E-state index in [1.165, 1.54) is 5.56 Å². The van der Waals surface area contributed by atoms with Crippen molar-refractivity contribution >= 4 is 22.6 Å². The van der Waals surface area contributed by atoms with Crippen molar-refractivity contribution in [3.8, 4) is 0 Å². The van der Waals surface area contributed by atoms with Crippen LogP contribution in [0.4, 0.5) is 5.69 Å². The van der Waals surface area contributed by atoms with Crippen LogP contribution in [0.15, 0.2) is 46.9 Å². The fraction of sp³-hybridized carbons (Fsp3) is 0.211. The molecule has 112 valence electrons. The van der Waals surface area contributed by atoms with E-state index in [1.54, 1.807) is 0 Å². The minimum atomic E-state index is -0.212. The van der Waals surface area contributed by atoms with Crippen LogP contribution < -0.4 is 5.32 Å². The molecule has 3 rings (SSSR count). The normalized spacial score (nSPS) is 10.9. The number of hydrogen-bond donors (Lipinski definition) is 1. The van der Waals surface area contributed by atoms with Gasteiger partial charge in [-0.15, -0.1) is 0 Å². The van der Waals surface area contributed by atoms with Gasteiger partial charge in [0.1, 0.15) is 5.58 Å². The molecule has 0 aliphatic carbocycles. The van der Waals surface area contributed by atoms with Crippen LogP contribution in [-0.2, 0) is 6.42 Å². The molecule has 1 aromatic heterocycles. The number of anilines is 1. The molecule has 0 radical (unpaired) electrons. The molecular formula is C19H19NO2. The lowest BCUT2D eigenvalue weighted by atomic mass is 10.1. The third kappa shape index (κ3) is 2.62. The first-order valence-electron chi connectivity index (χ1n) is 7.48. The smallest absolute Gasteiger partial charge is 0.291 e. The first-order valence-corrected chi connectivity index (χ1v) is 7.48. The minimum absolute atomic E-state index is 0.212. The van der Waals surface area contributed by atoms with Gasteiger partial charge in [0.15, 0.2) is 5.76 Å². The summed E-state index contributed by atoms with van der Waals surface area (Å²) in [7, 11) is 0. The number of hydrogen-bond acceptors (Lipinski definition) is 2. The maximum Gasteiger partial charge on any atom is 0.291 e. The second-order valence-corrected chi connectivity index (χ2v) is 5.56. The number of fused-ring (bicyclic) bond motifs is 1. The van der Waals surface area contributed by atoms with E-state index in [-0.39, 0.29) is 5.91 Å². The molecule has 0 aliphatic rings. The van der Waals surface area contributed by atoms with Gasteiger partial charge in [-0.25, -0.2) is 0 Å². The van der Waals surface area contributed by atoms with Crippen LogP contribution >= 0.6 is 0 Å². The number of amides is 1. The summed E-state index contributed by atoms with van der Waals surface area (Å²) in [6.07, 6.45) is 0.964. The summed E-state index contributed by atoms with van der Waals surface area (Å²) in [6, 6.07) is 13.8.